The molecule has 27 heavy (non-hydrogen) atoms. The number of hydrogen-bond donors (Lipinski definition) is 2. The van der Waals surface area contributed by atoms with E-state index in [1.807, 2.05) is 61.5 Å². The number of ether oxygens (including phenoxy) is 1. The van der Waals surface area contributed by atoms with Crippen LogP contribution in [0, 0.1) is 0 Å². The maximum Gasteiger partial charge on any atom is 0.219 e. The Balaban J connectivity index is 1.80. The second kappa shape index (κ2) is 8.08. The predicted molar refractivity (Wildman–Crippen MR) is 109 cm³/mol. The Morgan fingerprint density at radius 3 is 2.59 bits per heavy atom. The van der Waals surface area contributed by atoms with Gasteiger partial charge in [-0.3, -0.25) is 4.79 Å². The first-order valence-electron chi connectivity index (χ1n) is 9.13. The Morgan fingerprint density at radius 1 is 1.04 bits per heavy atom. The molecule has 0 spiro atoms. The second-order valence-corrected chi connectivity index (χ2v) is 6.95. The van der Waals surface area contributed by atoms with Crippen molar-refractivity contribution in [2.45, 2.75) is 39.8 Å². The lowest BCUT2D eigenvalue weighted by atomic mass is 10.1. The lowest BCUT2D eigenvalue weighted by molar-refractivity contribution is -0.119. The molecular weight excluding hydrogens is 338 g/mol. The molecule has 1 amide bonds. The van der Waals surface area contributed by atoms with Crippen molar-refractivity contribution in [1.82, 2.24) is 10.3 Å². The first-order chi connectivity index (χ1) is 12.9. The van der Waals surface area contributed by atoms with E-state index in [2.05, 4.69) is 29.5 Å². The molecule has 0 saturated carbocycles. The third-order valence-electron chi connectivity index (χ3n) is 4.12. The van der Waals surface area contributed by atoms with Crippen LogP contribution in [0.15, 0.2) is 54.6 Å². The molecule has 1 aromatic heterocycles. The summed E-state index contributed by atoms with van der Waals surface area (Å²) in [6.07, 6.45) is 0. The molecule has 0 aliphatic rings. The highest BCUT2D eigenvalue weighted by Crippen LogP contribution is 2.26. The fraction of sp³-hybridized carbons (Fsp3) is 0.273. The van der Waals surface area contributed by atoms with Gasteiger partial charge in [0.2, 0.25) is 11.8 Å². The Morgan fingerprint density at radius 2 is 1.85 bits per heavy atom. The van der Waals surface area contributed by atoms with E-state index in [0.29, 0.717) is 11.9 Å². The molecule has 1 heterocycles. The van der Waals surface area contributed by atoms with Gasteiger partial charge in [0.15, 0.2) is 0 Å². The number of carbonyl (C=O) groups is 1. The number of carbonyl (C=O) groups excluding carboxylic acids is 1. The molecule has 2 aromatic carbocycles. The summed E-state index contributed by atoms with van der Waals surface area (Å²) < 4.78 is 5.93. The van der Waals surface area contributed by atoms with Gasteiger partial charge in [0, 0.05) is 36.2 Å². The molecule has 0 saturated heterocycles. The van der Waals surface area contributed by atoms with Crippen LogP contribution in [0.3, 0.4) is 0 Å². The molecule has 1 unspecified atom stereocenters. The van der Waals surface area contributed by atoms with Gasteiger partial charge in [-0.2, -0.15) is 0 Å². The van der Waals surface area contributed by atoms with Gasteiger partial charge in [0.05, 0.1) is 11.6 Å². The lowest BCUT2D eigenvalue weighted by Gasteiger charge is -2.14. The number of amides is 1. The predicted octanol–water partition coefficient (Wildman–Crippen LogP) is 5.04. The van der Waals surface area contributed by atoms with Crippen LogP contribution in [0.25, 0.3) is 10.9 Å². The van der Waals surface area contributed by atoms with Gasteiger partial charge in [0.25, 0.3) is 0 Å². The van der Waals surface area contributed by atoms with Crippen LogP contribution >= 0.6 is 0 Å². The standard InChI is InChI=1S/C22H25N3O2/c1-14(2)23-19-6-5-7-20(13-19)27-22-11-9-18-12-17(8-10-21(18)25-22)15(3)24-16(4)26/h5-15,23H,1-4H3,(H,24,26). The van der Waals surface area contributed by atoms with Crippen LogP contribution < -0.4 is 15.4 Å². The molecule has 1 atom stereocenters. The van der Waals surface area contributed by atoms with Gasteiger partial charge in [-0.1, -0.05) is 12.1 Å². The number of rotatable bonds is 6. The molecule has 0 radical (unpaired) electrons. The number of anilines is 1. The number of aromatic nitrogens is 1. The highest BCUT2D eigenvalue weighted by atomic mass is 16.5. The lowest BCUT2D eigenvalue weighted by Crippen LogP contribution is -2.23. The highest BCUT2D eigenvalue weighted by Gasteiger charge is 2.09. The summed E-state index contributed by atoms with van der Waals surface area (Å²) in [5.74, 6) is 1.24. The highest BCUT2D eigenvalue weighted by molar-refractivity contribution is 5.80. The molecule has 5 nitrogen and oxygen atoms in total. The molecule has 0 aliphatic heterocycles. The van der Waals surface area contributed by atoms with Crippen LogP contribution in [0.4, 0.5) is 5.69 Å². The summed E-state index contributed by atoms with van der Waals surface area (Å²) in [5.41, 5.74) is 2.91. The average molecular weight is 363 g/mol. The zero-order valence-electron chi connectivity index (χ0n) is 16.1. The summed E-state index contributed by atoms with van der Waals surface area (Å²) in [6.45, 7) is 7.68. The number of fused-ring (bicyclic) bond motifs is 1. The summed E-state index contributed by atoms with van der Waals surface area (Å²) in [4.78, 5) is 15.8. The fourth-order valence-electron chi connectivity index (χ4n) is 2.94. The van der Waals surface area contributed by atoms with Crippen LogP contribution in [-0.2, 0) is 4.79 Å². The number of hydrogen-bond acceptors (Lipinski definition) is 4. The molecule has 5 heteroatoms. The van der Waals surface area contributed by atoms with Gasteiger partial charge in [-0.15, -0.1) is 0 Å². The molecule has 0 fully saturated rings. The van der Waals surface area contributed by atoms with Crippen LogP contribution in [0.1, 0.15) is 39.3 Å². The van der Waals surface area contributed by atoms with Crippen molar-refractivity contribution in [3.63, 3.8) is 0 Å². The molecule has 140 valence electrons. The van der Waals surface area contributed by atoms with E-state index >= 15 is 0 Å². The van der Waals surface area contributed by atoms with E-state index in [0.717, 1.165) is 27.9 Å². The van der Waals surface area contributed by atoms with E-state index < -0.39 is 0 Å². The van der Waals surface area contributed by atoms with Gasteiger partial charge in [0.1, 0.15) is 5.75 Å². The van der Waals surface area contributed by atoms with Crippen molar-refractivity contribution in [2.24, 2.45) is 0 Å². The fourth-order valence-corrected chi connectivity index (χ4v) is 2.94. The van der Waals surface area contributed by atoms with Crippen LogP contribution in [-0.4, -0.2) is 16.9 Å². The van der Waals surface area contributed by atoms with Crippen molar-refractivity contribution in [3.8, 4) is 11.6 Å². The topological polar surface area (TPSA) is 63.2 Å². The molecular formula is C22H25N3O2. The van der Waals surface area contributed by atoms with Crippen molar-refractivity contribution < 1.29 is 9.53 Å². The van der Waals surface area contributed by atoms with Gasteiger partial charge >= 0.3 is 0 Å². The minimum atomic E-state index is -0.0429. The van der Waals surface area contributed by atoms with Crippen molar-refractivity contribution in [3.05, 3.63) is 60.2 Å². The van der Waals surface area contributed by atoms with E-state index in [-0.39, 0.29) is 11.9 Å². The Kier molecular flexibility index (Phi) is 5.60. The summed E-state index contributed by atoms with van der Waals surface area (Å²) >= 11 is 0. The van der Waals surface area contributed by atoms with Crippen molar-refractivity contribution in [2.75, 3.05) is 5.32 Å². The number of benzene rings is 2. The van der Waals surface area contributed by atoms with Crippen LogP contribution in [0.2, 0.25) is 0 Å². The van der Waals surface area contributed by atoms with E-state index in [9.17, 15) is 4.79 Å². The average Bonchev–Trinajstić information content (AvgIpc) is 2.60. The third-order valence-corrected chi connectivity index (χ3v) is 4.12. The summed E-state index contributed by atoms with van der Waals surface area (Å²) in [7, 11) is 0. The summed E-state index contributed by atoms with van der Waals surface area (Å²) in [6, 6.07) is 18.0. The Hall–Kier alpha value is -3.08. The van der Waals surface area contributed by atoms with Crippen molar-refractivity contribution >= 4 is 22.5 Å². The third kappa shape index (κ3) is 4.97. The minimum Gasteiger partial charge on any atom is -0.439 e. The number of pyridine rings is 1. The normalized spacial score (nSPS) is 12.0. The van der Waals surface area contributed by atoms with E-state index in [1.54, 1.807) is 0 Å². The van der Waals surface area contributed by atoms with E-state index in [1.165, 1.54) is 6.92 Å². The zero-order chi connectivity index (χ0) is 19.4. The first kappa shape index (κ1) is 18.7. The zero-order valence-corrected chi connectivity index (χ0v) is 16.1. The van der Waals surface area contributed by atoms with Gasteiger partial charge in [-0.05, 0) is 56.7 Å². The SMILES string of the molecule is CC(=O)NC(C)c1ccc2nc(Oc3cccc(NC(C)C)c3)ccc2c1. The van der Waals surface area contributed by atoms with E-state index in [4.69, 9.17) is 4.74 Å². The molecule has 2 N–H and O–H groups in total. The maximum absolute atomic E-state index is 11.2. The molecule has 0 aliphatic carbocycles. The number of nitrogens with one attached hydrogen (secondary N) is 2. The van der Waals surface area contributed by atoms with Gasteiger partial charge in [-0.25, -0.2) is 4.98 Å². The minimum absolute atomic E-state index is 0.0426. The molecule has 3 rings (SSSR count). The monoisotopic (exact) mass is 363 g/mol. The second-order valence-electron chi connectivity index (χ2n) is 6.95. The Bertz CT molecular complexity index is 953. The Labute approximate surface area is 159 Å². The van der Waals surface area contributed by atoms with Crippen molar-refractivity contribution in [1.29, 1.82) is 0 Å². The largest absolute Gasteiger partial charge is 0.439 e. The number of nitrogens with zero attached hydrogens (tertiary/aromatic N) is 1. The molecule has 3 aromatic rings. The maximum atomic E-state index is 11.2. The van der Waals surface area contributed by atoms with Gasteiger partial charge < -0.3 is 15.4 Å². The molecule has 0 bridgehead atoms. The summed E-state index contributed by atoms with van der Waals surface area (Å²) in [5, 5.41) is 7.26. The van der Waals surface area contributed by atoms with Crippen LogP contribution in [0.5, 0.6) is 11.6 Å². The first-order valence-corrected chi connectivity index (χ1v) is 9.13. The smallest absolute Gasteiger partial charge is 0.219 e. The quantitative estimate of drug-likeness (QED) is 0.644.